The third kappa shape index (κ3) is 3.47. The summed E-state index contributed by atoms with van der Waals surface area (Å²) in [5.74, 6) is 0.0509. The fraction of sp³-hybridized carbons (Fsp3) is 0.364. The number of hydrogen-bond acceptors (Lipinski definition) is 2. The van der Waals surface area contributed by atoms with Gasteiger partial charge in [-0.25, -0.2) is 4.68 Å². The maximum Gasteiger partial charge on any atom is 0.279 e. The molecule has 6 nitrogen and oxygen atoms in total. The van der Waals surface area contributed by atoms with Gasteiger partial charge in [0.2, 0.25) is 0 Å². The molecule has 0 radical (unpaired) electrons. The first-order valence-corrected chi connectivity index (χ1v) is 9.92. The molecule has 0 aliphatic carbocycles. The number of likely N-dealkylation sites (tertiary alicyclic amines) is 1. The molecule has 2 aromatic heterocycles. The average Bonchev–Trinajstić information content (AvgIpc) is 3.38. The molecule has 0 saturated carbocycles. The van der Waals surface area contributed by atoms with Crippen LogP contribution >= 0.6 is 0 Å². The quantitative estimate of drug-likeness (QED) is 0.715. The van der Waals surface area contributed by atoms with Crippen molar-refractivity contribution in [3.8, 4) is 5.69 Å². The van der Waals surface area contributed by atoms with Gasteiger partial charge in [-0.1, -0.05) is 18.2 Å². The number of benzene rings is 1. The number of para-hydroxylation sites is 1. The highest BCUT2D eigenvalue weighted by Crippen LogP contribution is 2.23. The van der Waals surface area contributed by atoms with Gasteiger partial charge >= 0.3 is 0 Å². The van der Waals surface area contributed by atoms with Crippen LogP contribution in [0.25, 0.3) is 5.69 Å². The van der Waals surface area contributed by atoms with E-state index in [0.29, 0.717) is 12.6 Å². The number of nitrogens with zero attached hydrogens (tertiary/aromatic N) is 3. The summed E-state index contributed by atoms with van der Waals surface area (Å²) in [6.07, 6.45) is 4.36. The van der Waals surface area contributed by atoms with Gasteiger partial charge in [0.1, 0.15) is 6.04 Å². The highest BCUT2D eigenvalue weighted by atomic mass is 16.2. The van der Waals surface area contributed by atoms with Crippen molar-refractivity contribution in [2.75, 3.05) is 18.4 Å². The lowest BCUT2D eigenvalue weighted by Crippen LogP contribution is -3.11. The van der Waals surface area contributed by atoms with E-state index < -0.39 is 0 Å². The van der Waals surface area contributed by atoms with Gasteiger partial charge in [-0.15, -0.1) is 0 Å². The third-order valence-electron chi connectivity index (χ3n) is 5.77. The molecule has 3 heterocycles. The van der Waals surface area contributed by atoms with Crippen LogP contribution < -0.4 is 10.2 Å². The van der Waals surface area contributed by atoms with E-state index in [1.165, 1.54) is 10.6 Å². The summed E-state index contributed by atoms with van der Waals surface area (Å²) in [7, 11) is 2.08. The van der Waals surface area contributed by atoms with Gasteiger partial charge in [0, 0.05) is 26.1 Å². The van der Waals surface area contributed by atoms with E-state index in [-0.39, 0.29) is 5.91 Å². The minimum atomic E-state index is 0.0509. The monoisotopic (exact) mass is 378 g/mol. The Morgan fingerprint density at radius 2 is 2.00 bits per heavy atom. The zero-order valence-electron chi connectivity index (χ0n) is 16.8. The minimum absolute atomic E-state index is 0.0509. The van der Waals surface area contributed by atoms with Gasteiger partial charge in [-0.3, -0.25) is 4.79 Å². The first-order chi connectivity index (χ1) is 13.5. The van der Waals surface area contributed by atoms with Crippen molar-refractivity contribution < 1.29 is 9.69 Å². The Hall–Kier alpha value is -2.86. The molecule has 1 amide bonds. The molecule has 2 atom stereocenters. The third-order valence-corrected chi connectivity index (χ3v) is 5.77. The van der Waals surface area contributed by atoms with Crippen LogP contribution in [-0.4, -0.2) is 33.3 Å². The largest absolute Gasteiger partial charge is 0.350 e. The second-order valence-corrected chi connectivity index (χ2v) is 7.67. The molecule has 0 bridgehead atoms. The fourth-order valence-corrected chi connectivity index (χ4v) is 4.35. The molecule has 2 N–H and O–H groups in total. The van der Waals surface area contributed by atoms with Crippen LogP contribution in [0.15, 0.2) is 48.7 Å². The number of carbonyl (C=O) groups is 1. The number of aromatic nitrogens is 3. The summed E-state index contributed by atoms with van der Waals surface area (Å²) >= 11 is 0. The average molecular weight is 379 g/mol. The van der Waals surface area contributed by atoms with Crippen LogP contribution in [0.4, 0.5) is 5.69 Å². The lowest BCUT2D eigenvalue weighted by molar-refractivity contribution is -0.910. The number of carbonyl (C=O) groups excluding carboxylic acids is 1. The molecule has 1 aliphatic heterocycles. The van der Waals surface area contributed by atoms with Gasteiger partial charge in [-0.2, -0.15) is 5.10 Å². The van der Waals surface area contributed by atoms with Gasteiger partial charge in [0.15, 0.2) is 6.54 Å². The van der Waals surface area contributed by atoms with Gasteiger partial charge in [0.05, 0.1) is 35.0 Å². The molecular weight excluding hydrogens is 350 g/mol. The summed E-state index contributed by atoms with van der Waals surface area (Å²) in [4.78, 5) is 14.2. The molecule has 3 aromatic rings. The second kappa shape index (κ2) is 7.64. The molecule has 146 valence electrons. The van der Waals surface area contributed by atoms with E-state index in [0.717, 1.165) is 42.1 Å². The molecular formula is C22H28N5O+. The Balaban J connectivity index is 1.49. The minimum Gasteiger partial charge on any atom is -0.350 e. The van der Waals surface area contributed by atoms with Crippen LogP contribution in [0.3, 0.4) is 0 Å². The number of rotatable bonds is 5. The lowest BCUT2D eigenvalue weighted by atomic mass is 10.1. The zero-order chi connectivity index (χ0) is 19.7. The van der Waals surface area contributed by atoms with Crippen molar-refractivity contribution in [3.63, 3.8) is 0 Å². The molecule has 6 heteroatoms. The van der Waals surface area contributed by atoms with E-state index in [1.54, 1.807) is 0 Å². The van der Waals surface area contributed by atoms with E-state index in [1.807, 2.05) is 48.9 Å². The summed E-state index contributed by atoms with van der Waals surface area (Å²) < 4.78 is 4.06. The molecule has 1 fully saturated rings. The number of hydrogen-bond donors (Lipinski definition) is 2. The molecule has 1 aliphatic rings. The van der Waals surface area contributed by atoms with Crippen molar-refractivity contribution in [2.45, 2.75) is 32.7 Å². The number of amides is 1. The maximum atomic E-state index is 12.8. The number of nitrogens with one attached hydrogen (secondary N) is 2. The standard InChI is InChI=1S/C22H27N5O/c1-16-22(17(2)27(24-16)18-9-5-4-6-10-18)23-21(28)15-26-14-8-12-20(26)19-11-7-13-25(19)3/h4-7,9-11,13,20H,8,12,14-15H2,1-3H3,(H,23,28)/p+1/t20-/m0/s1. The number of anilines is 1. The Labute approximate surface area is 165 Å². The molecule has 28 heavy (non-hydrogen) atoms. The van der Waals surface area contributed by atoms with Gasteiger partial charge in [-0.05, 0) is 38.1 Å². The highest BCUT2D eigenvalue weighted by Gasteiger charge is 2.33. The summed E-state index contributed by atoms with van der Waals surface area (Å²) in [6.45, 7) is 5.45. The number of aryl methyl sites for hydroxylation is 2. The van der Waals surface area contributed by atoms with Crippen LogP contribution in [0.2, 0.25) is 0 Å². The van der Waals surface area contributed by atoms with Crippen molar-refractivity contribution in [2.24, 2.45) is 7.05 Å². The van der Waals surface area contributed by atoms with Crippen molar-refractivity contribution in [1.82, 2.24) is 14.3 Å². The van der Waals surface area contributed by atoms with Crippen LogP contribution in [0.5, 0.6) is 0 Å². The molecule has 0 spiro atoms. The van der Waals surface area contributed by atoms with Crippen molar-refractivity contribution in [3.05, 3.63) is 65.7 Å². The summed E-state index contributed by atoms with van der Waals surface area (Å²) in [6, 6.07) is 14.6. The Kier molecular flexibility index (Phi) is 5.05. The normalized spacial score (nSPS) is 19.1. The molecule has 4 rings (SSSR count). The van der Waals surface area contributed by atoms with E-state index >= 15 is 0 Å². The highest BCUT2D eigenvalue weighted by molar-refractivity contribution is 5.92. The summed E-state index contributed by atoms with van der Waals surface area (Å²) in [5, 5.41) is 7.75. The van der Waals surface area contributed by atoms with Crippen molar-refractivity contribution >= 4 is 11.6 Å². The van der Waals surface area contributed by atoms with Crippen LogP contribution in [0.1, 0.15) is 36.0 Å². The van der Waals surface area contributed by atoms with Crippen molar-refractivity contribution in [1.29, 1.82) is 0 Å². The van der Waals surface area contributed by atoms with Gasteiger partial charge < -0.3 is 14.8 Å². The molecule has 1 aromatic carbocycles. The van der Waals surface area contributed by atoms with E-state index in [2.05, 4.69) is 40.4 Å². The topological polar surface area (TPSA) is 56.3 Å². The first kappa shape index (κ1) is 18.5. The lowest BCUT2D eigenvalue weighted by Gasteiger charge is -2.21. The Morgan fingerprint density at radius 1 is 1.21 bits per heavy atom. The fourth-order valence-electron chi connectivity index (χ4n) is 4.35. The SMILES string of the molecule is Cc1nn(-c2ccccc2)c(C)c1NC(=O)C[NH+]1CCC[C@H]1c1cccn1C. The van der Waals surface area contributed by atoms with E-state index in [4.69, 9.17) is 0 Å². The smallest absolute Gasteiger partial charge is 0.279 e. The molecule has 1 unspecified atom stereocenters. The predicted molar refractivity (Wildman–Crippen MR) is 110 cm³/mol. The zero-order valence-corrected chi connectivity index (χ0v) is 16.8. The van der Waals surface area contributed by atoms with E-state index in [9.17, 15) is 4.79 Å². The molecule has 1 saturated heterocycles. The first-order valence-electron chi connectivity index (χ1n) is 9.92. The maximum absolute atomic E-state index is 12.8. The number of quaternary nitrogens is 1. The van der Waals surface area contributed by atoms with Crippen LogP contribution in [0, 0.1) is 13.8 Å². The van der Waals surface area contributed by atoms with Gasteiger partial charge in [0.25, 0.3) is 5.91 Å². The van der Waals surface area contributed by atoms with Crippen LogP contribution in [-0.2, 0) is 11.8 Å². The second-order valence-electron chi connectivity index (χ2n) is 7.67. The Bertz CT molecular complexity index is 972. The predicted octanol–water partition coefficient (Wildman–Crippen LogP) is 2.19. The summed E-state index contributed by atoms with van der Waals surface area (Å²) in [5.41, 5.74) is 4.92. The Morgan fingerprint density at radius 3 is 2.71 bits per heavy atom.